The van der Waals surface area contributed by atoms with Crippen LogP contribution in [0.1, 0.15) is 50.6 Å². The molecule has 1 aromatic rings. The lowest BCUT2D eigenvalue weighted by Crippen LogP contribution is -2.45. The molecule has 2 amide bonds. The highest BCUT2D eigenvalue weighted by Crippen LogP contribution is 2.52. The van der Waals surface area contributed by atoms with Crippen molar-refractivity contribution in [3.63, 3.8) is 0 Å². The molecule has 25 heavy (non-hydrogen) atoms. The molecule has 2 saturated carbocycles. The van der Waals surface area contributed by atoms with Gasteiger partial charge in [-0.15, -0.1) is 0 Å². The van der Waals surface area contributed by atoms with Crippen LogP contribution in [0.25, 0.3) is 0 Å². The Hall–Kier alpha value is -1.91. The predicted molar refractivity (Wildman–Crippen MR) is 94.4 cm³/mol. The van der Waals surface area contributed by atoms with Crippen LogP contribution in [-0.4, -0.2) is 34.8 Å². The quantitative estimate of drug-likeness (QED) is 0.915. The molecule has 2 heterocycles. The Morgan fingerprint density at radius 2 is 2.00 bits per heavy atom. The number of carbonyl (C=O) groups excluding carboxylic acids is 2. The van der Waals surface area contributed by atoms with E-state index in [-0.39, 0.29) is 23.2 Å². The molecular weight excluding hydrogens is 314 g/mol. The van der Waals surface area contributed by atoms with Gasteiger partial charge in [0, 0.05) is 30.6 Å². The third-order valence-corrected chi connectivity index (χ3v) is 6.50. The summed E-state index contributed by atoms with van der Waals surface area (Å²) < 4.78 is 0. The first kappa shape index (κ1) is 16.6. The molecule has 1 aromatic heterocycles. The van der Waals surface area contributed by atoms with Gasteiger partial charge in [0.2, 0.25) is 11.8 Å². The Morgan fingerprint density at radius 3 is 2.64 bits per heavy atom. The average molecular weight is 341 g/mol. The Bertz CT molecular complexity index is 636. The second-order valence-corrected chi connectivity index (χ2v) is 8.01. The molecule has 1 saturated heterocycles. The highest BCUT2D eigenvalue weighted by atomic mass is 16.2. The van der Waals surface area contributed by atoms with Crippen LogP contribution in [0.4, 0.5) is 0 Å². The molecule has 3 fully saturated rings. The van der Waals surface area contributed by atoms with E-state index in [2.05, 4.69) is 10.3 Å². The Morgan fingerprint density at radius 1 is 1.20 bits per heavy atom. The van der Waals surface area contributed by atoms with E-state index in [4.69, 9.17) is 0 Å². The number of aromatic nitrogens is 1. The maximum absolute atomic E-state index is 12.8. The van der Waals surface area contributed by atoms with Crippen LogP contribution in [0.15, 0.2) is 24.4 Å². The van der Waals surface area contributed by atoms with Crippen molar-refractivity contribution in [2.75, 3.05) is 13.1 Å². The number of hydrogen-bond acceptors (Lipinski definition) is 3. The van der Waals surface area contributed by atoms with Gasteiger partial charge in [0.1, 0.15) is 0 Å². The maximum atomic E-state index is 12.8. The molecule has 134 valence electrons. The number of amides is 2. The molecule has 5 heteroatoms. The normalized spacial score (nSPS) is 25.1. The fourth-order valence-electron chi connectivity index (χ4n) is 4.87. The Kier molecular flexibility index (Phi) is 4.48. The van der Waals surface area contributed by atoms with E-state index in [1.165, 1.54) is 19.3 Å². The van der Waals surface area contributed by atoms with Gasteiger partial charge in [-0.05, 0) is 37.8 Å². The molecule has 1 atom stereocenters. The number of nitrogens with one attached hydrogen (secondary N) is 1. The molecular formula is C20H27N3O2. The third kappa shape index (κ3) is 3.16. The monoisotopic (exact) mass is 341 g/mol. The first-order valence-electron chi connectivity index (χ1n) is 9.64. The van der Waals surface area contributed by atoms with Gasteiger partial charge >= 0.3 is 0 Å². The van der Waals surface area contributed by atoms with Gasteiger partial charge in [-0.1, -0.05) is 25.3 Å². The number of rotatable bonds is 4. The van der Waals surface area contributed by atoms with Crippen LogP contribution in [0.3, 0.4) is 0 Å². The summed E-state index contributed by atoms with van der Waals surface area (Å²) in [5.41, 5.74) is 0.901. The van der Waals surface area contributed by atoms with Gasteiger partial charge in [0.15, 0.2) is 0 Å². The van der Waals surface area contributed by atoms with Gasteiger partial charge in [-0.3, -0.25) is 14.6 Å². The van der Waals surface area contributed by atoms with Gasteiger partial charge in [0.25, 0.3) is 0 Å². The smallest absolute Gasteiger partial charge is 0.225 e. The molecule has 3 aliphatic rings. The standard InChI is InChI=1S/C20H27N3O2/c24-18(22-12-16-8-3-4-11-21-16)17-13-23(14-20(17)9-5-10-20)19(25)15-6-1-2-7-15/h3-4,8,11,15,17H,1-2,5-7,9-10,12-14H2,(H,22,24). The number of carbonyl (C=O) groups is 2. The van der Waals surface area contributed by atoms with E-state index in [0.717, 1.165) is 37.9 Å². The lowest BCUT2D eigenvalue weighted by molar-refractivity contribution is -0.135. The van der Waals surface area contributed by atoms with E-state index in [1.54, 1.807) is 6.20 Å². The summed E-state index contributed by atoms with van der Waals surface area (Å²) in [6.07, 6.45) is 9.46. The Labute approximate surface area is 149 Å². The topological polar surface area (TPSA) is 62.3 Å². The largest absolute Gasteiger partial charge is 0.350 e. The van der Waals surface area contributed by atoms with Crippen molar-refractivity contribution < 1.29 is 9.59 Å². The first-order valence-corrected chi connectivity index (χ1v) is 9.64. The molecule has 0 radical (unpaired) electrons. The van der Waals surface area contributed by atoms with E-state index >= 15 is 0 Å². The second kappa shape index (κ2) is 6.77. The van der Waals surface area contributed by atoms with Crippen LogP contribution < -0.4 is 5.32 Å². The van der Waals surface area contributed by atoms with Crippen LogP contribution in [0, 0.1) is 17.3 Å². The van der Waals surface area contributed by atoms with Crippen molar-refractivity contribution in [3.05, 3.63) is 30.1 Å². The minimum Gasteiger partial charge on any atom is -0.350 e. The maximum Gasteiger partial charge on any atom is 0.225 e. The molecule has 0 bridgehead atoms. The number of hydrogen-bond donors (Lipinski definition) is 1. The van der Waals surface area contributed by atoms with Crippen molar-refractivity contribution >= 4 is 11.8 Å². The number of nitrogens with zero attached hydrogens (tertiary/aromatic N) is 2. The minimum absolute atomic E-state index is 0.0302. The average Bonchev–Trinajstić information content (AvgIpc) is 3.27. The number of pyridine rings is 1. The molecule has 1 spiro atoms. The fourth-order valence-corrected chi connectivity index (χ4v) is 4.87. The lowest BCUT2D eigenvalue weighted by atomic mass is 9.62. The van der Waals surface area contributed by atoms with Crippen molar-refractivity contribution in [1.82, 2.24) is 15.2 Å². The fraction of sp³-hybridized carbons (Fsp3) is 0.650. The van der Waals surface area contributed by atoms with Crippen molar-refractivity contribution in [2.45, 2.75) is 51.5 Å². The van der Waals surface area contributed by atoms with E-state index in [1.807, 2.05) is 23.1 Å². The summed E-state index contributed by atoms with van der Waals surface area (Å²) in [4.78, 5) is 31.9. The van der Waals surface area contributed by atoms with Crippen LogP contribution in [0.2, 0.25) is 0 Å². The molecule has 2 aliphatic carbocycles. The summed E-state index contributed by atoms with van der Waals surface area (Å²) in [5, 5.41) is 3.05. The highest BCUT2D eigenvalue weighted by molar-refractivity contribution is 5.84. The van der Waals surface area contributed by atoms with Crippen LogP contribution >= 0.6 is 0 Å². The highest BCUT2D eigenvalue weighted by Gasteiger charge is 2.54. The van der Waals surface area contributed by atoms with Crippen LogP contribution in [-0.2, 0) is 16.1 Å². The summed E-state index contributed by atoms with van der Waals surface area (Å²) in [6, 6.07) is 5.72. The predicted octanol–water partition coefficient (Wildman–Crippen LogP) is 2.52. The van der Waals surface area contributed by atoms with Crippen molar-refractivity contribution in [1.29, 1.82) is 0 Å². The number of likely N-dealkylation sites (tertiary alicyclic amines) is 1. The van der Waals surface area contributed by atoms with Gasteiger partial charge < -0.3 is 10.2 Å². The minimum atomic E-state index is -0.0599. The van der Waals surface area contributed by atoms with Crippen molar-refractivity contribution in [3.8, 4) is 0 Å². The zero-order valence-corrected chi connectivity index (χ0v) is 14.7. The van der Waals surface area contributed by atoms with Gasteiger partial charge in [-0.25, -0.2) is 0 Å². The summed E-state index contributed by atoms with van der Waals surface area (Å²) in [5.74, 6) is 0.527. The third-order valence-electron chi connectivity index (χ3n) is 6.50. The first-order chi connectivity index (χ1) is 12.2. The van der Waals surface area contributed by atoms with Gasteiger partial charge in [-0.2, -0.15) is 0 Å². The van der Waals surface area contributed by atoms with Gasteiger partial charge in [0.05, 0.1) is 18.2 Å². The Balaban J connectivity index is 1.41. The second-order valence-electron chi connectivity index (χ2n) is 8.01. The molecule has 1 N–H and O–H groups in total. The molecule has 1 aliphatic heterocycles. The molecule has 4 rings (SSSR count). The zero-order valence-electron chi connectivity index (χ0n) is 14.7. The summed E-state index contributed by atoms with van der Waals surface area (Å²) in [6.45, 7) is 1.84. The van der Waals surface area contributed by atoms with E-state index in [9.17, 15) is 9.59 Å². The van der Waals surface area contributed by atoms with Crippen LogP contribution in [0.5, 0.6) is 0 Å². The summed E-state index contributed by atoms with van der Waals surface area (Å²) in [7, 11) is 0. The lowest BCUT2D eigenvalue weighted by Gasteiger charge is -2.42. The van der Waals surface area contributed by atoms with E-state index < -0.39 is 0 Å². The summed E-state index contributed by atoms with van der Waals surface area (Å²) >= 11 is 0. The van der Waals surface area contributed by atoms with Crippen molar-refractivity contribution in [2.24, 2.45) is 17.3 Å². The molecule has 5 nitrogen and oxygen atoms in total. The zero-order chi connectivity index (χ0) is 17.3. The molecule has 1 unspecified atom stereocenters. The SMILES string of the molecule is O=C(NCc1ccccn1)C1CN(C(=O)C2CCCC2)CC12CCC2. The molecule has 0 aromatic carbocycles. The van der Waals surface area contributed by atoms with E-state index in [0.29, 0.717) is 19.0 Å².